The Morgan fingerprint density at radius 1 is 0.493 bits per heavy atom. The molecule has 0 radical (unpaired) electrons. The van der Waals surface area contributed by atoms with Gasteiger partial charge in [0.2, 0.25) is 5.91 Å². The number of hydrogen-bond donors (Lipinski definition) is 4. The van der Waals surface area contributed by atoms with Gasteiger partial charge in [0, 0.05) is 6.42 Å². The number of hydrogen-bond acceptors (Lipinski definition) is 6. The summed E-state index contributed by atoms with van der Waals surface area (Å²) in [5, 5.41) is 24.8. The molecule has 1 amide bonds. The molecule has 0 aliphatic rings. The number of carbonyl (C=O) groups is 1. The third-order valence-electron chi connectivity index (χ3n) is 14.0. The van der Waals surface area contributed by atoms with Crippen molar-refractivity contribution in [3.8, 4) is 0 Å². The van der Waals surface area contributed by atoms with Crippen molar-refractivity contribution in [3.63, 3.8) is 0 Å². The first kappa shape index (κ1) is 69.7. The second kappa shape index (κ2) is 52.1. The van der Waals surface area contributed by atoms with Gasteiger partial charge in [0.15, 0.2) is 0 Å². The fourth-order valence-corrected chi connectivity index (χ4v) is 9.85. The predicted octanol–water partition coefficient (Wildman–Crippen LogP) is 17.5. The minimum Gasteiger partial charge on any atom is -0.390 e. The summed E-state index contributed by atoms with van der Waals surface area (Å²) >= 11 is 0. The highest BCUT2D eigenvalue weighted by molar-refractivity contribution is 7.47. The first-order valence-corrected chi connectivity index (χ1v) is 31.9. The van der Waals surface area contributed by atoms with E-state index in [0.29, 0.717) is 23.9 Å². The van der Waals surface area contributed by atoms with Gasteiger partial charge in [-0.15, -0.1) is 0 Å². The fraction of sp³-hybridized carbons (Fsp3) is 0.885. The Kier molecular flexibility index (Phi) is 51.2. The minimum atomic E-state index is -4.43. The van der Waals surface area contributed by atoms with Crippen LogP contribution in [0.1, 0.15) is 290 Å². The number of allylic oxidation sites excluding steroid dienone is 6. The molecule has 4 unspecified atom stereocenters. The Morgan fingerprint density at radius 2 is 0.831 bits per heavy atom. The van der Waals surface area contributed by atoms with Gasteiger partial charge in [-0.25, -0.2) is 4.57 Å². The van der Waals surface area contributed by atoms with Gasteiger partial charge >= 0.3 is 7.82 Å². The van der Waals surface area contributed by atoms with Gasteiger partial charge in [0.05, 0.1) is 39.9 Å². The minimum absolute atomic E-state index is 0.0180. The Labute approximate surface area is 440 Å². The number of amides is 1. The molecular formula is C61H120N2O7P+. The van der Waals surface area contributed by atoms with Crippen LogP contribution in [0.4, 0.5) is 0 Å². The van der Waals surface area contributed by atoms with E-state index in [2.05, 4.69) is 55.6 Å². The summed E-state index contributed by atoms with van der Waals surface area (Å²) in [6, 6.07) is -1.05. The van der Waals surface area contributed by atoms with Crippen LogP contribution < -0.4 is 5.32 Å². The Hall–Kier alpha value is -1.32. The summed E-state index contributed by atoms with van der Waals surface area (Å²) in [6.45, 7) is 4.59. The summed E-state index contributed by atoms with van der Waals surface area (Å²) < 4.78 is 23.6. The highest BCUT2D eigenvalue weighted by Gasteiger charge is 2.32. The zero-order valence-electron chi connectivity index (χ0n) is 47.6. The number of aliphatic hydroxyl groups excluding tert-OH is 2. The SMILES string of the molecule is CCCCCCC/C=C\C/C=C\CCCCCCCCCCCCCCCCCCCCCCCCCC(=O)NC(COP(=O)(O)OCC[N+](C)(C)C)C(O)C(O)CCC/C=C/CCCCCCCCC. The van der Waals surface area contributed by atoms with E-state index >= 15 is 0 Å². The standard InChI is InChI=1S/C61H119N2O7P/c1-6-8-10-12-14-16-18-20-21-22-23-24-25-26-27-28-29-30-31-32-33-34-35-36-37-38-39-40-41-42-44-46-48-50-52-54-60(65)62-58(57-70-71(67,68)69-56-55-63(3,4)5)61(66)59(64)53-51-49-47-45-43-19-17-15-13-11-9-7-2/h18,20,22-23,45,47,58-59,61,64,66H,6-17,19,21,24-44,46,48-57H2,1-5H3,(H-,62,65,67,68)/p+1/b20-18-,23-22-,47-45+. The number of aliphatic hydroxyl groups is 2. The molecule has 4 N–H and O–H groups in total. The van der Waals surface area contributed by atoms with E-state index in [1.807, 2.05) is 21.1 Å². The van der Waals surface area contributed by atoms with Gasteiger partial charge in [0.1, 0.15) is 19.3 Å². The molecule has 0 saturated heterocycles. The molecule has 0 aromatic rings. The van der Waals surface area contributed by atoms with Crippen molar-refractivity contribution >= 4 is 13.7 Å². The van der Waals surface area contributed by atoms with E-state index in [-0.39, 0.29) is 18.9 Å². The van der Waals surface area contributed by atoms with Crippen LogP contribution in [0, 0.1) is 0 Å². The molecular weight excluding hydrogens is 904 g/mol. The number of rotatable bonds is 56. The van der Waals surface area contributed by atoms with Gasteiger partial charge < -0.3 is 24.9 Å². The van der Waals surface area contributed by atoms with Crippen LogP contribution in [0.25, 0.3) is 0 Å². The molecule has 420 valence electrons. The van der Waals surface area contributed by atoms with E-state index in [4.69, 9.17) is 9.05 Å². The fourth-order valence-electron chi connectivity index (χ4n) is 9.12. The zero-order valence-corrected chi connectivity index (χ0v) is 48.5. The van der Waals surface area contributed by atoms with Crippen LogP contribution in [0.15, 0.2) is 36.5 Å². The van der Waals surface area contributed by atoms with Crippen molar-refractivity contribution in [1.82, 2.24) is 5.32 Å². The molecule has 0 aliphatic carbocycles. The van der Waals surface area contributed by atoms with Gasteiger partial charge in [-0.1, -0.05) is 249 Å². The molecule has 71 heavy (non-hydrogen) atoms. The quantitative estimate of drug-likeness (QED) is 0.0207. The van der Waals surface area contributed by atoms with E-state index in [0.717, 1.165) is 38.5 Å². The number of unbranched alkanes of at least 4 members (excludes halogenated alkanes) is 36. The topological polar surface area (TPSA) is 125 Å². The number of quaternary nitrogens is 1. The van der Waals surface area contributed by atoms with E-state index in [9.17, 15) is 24.5 Å². The smallest absolute Gasteiger partial charge is 0.390 e. The number of nitrogens with zero attached hydrogens (tertiary/aromatic N) is 1. The van der Waals surface area contributed by atoms with Crippen LogP contribution in [0.3, 0.4) is 0 Å². The summed E-state index contributed by atoms with van der Waals surface area (Å²) in [5.74, 6) is -0.264. The van der Waals surface area contributed by atoms with E-state index in [1.54, 1.807) is 0 Å². The van der Waals surface area contributed by atoms with Crippen molar-refractivity contribution < 1.29 is 38.0 Å². The summed E-state index contributed by atoms with van der Waals surface area (Å²) in [6.07, 6.45) is 64.1. The average Bonchev–Trinajstić information content (AvgIpc) is 3.33. The number of likely N-dealkylation sites (N-methyl/N-ethyl adjacent to an activating group) is 1. The molecule has 0 saturated carbocycles. The monoisotopic (exact) mass is 1020 g/mol. The van der Waals surface area contributed by atoms with Crippen molar-refractivity contribution in [2.45, 2.75) is 308 Å². The Bertz CT molecular complexity index is 1270. The lowest BCUT2D eigenvalue weighted by molar-refractivity contribution is -0.870. The lowest BCUT2D eigenvalue weighted by Gasteiger charge is -2.28. The molecule has 10 heteroatoms. The highest BCUT2D eigenvalue weighted by Crippen LogP contribution is 2.43. The van der Waals surface area contributed by atoms with Gasteiger partial charge in [-0.3, -0.25) is 13.8 Å². The van der Waals surface area contributed by atoms with Crippen molar-refractivity contribution in [2.75, 3.05) is 40.9 Å². The molecule has 0 bridgehead atoms. The van der Waals surface area contributed by atoms with Crippen LogP contribution in [-0.4, -0.2) is 84.6 Å². The van der Waals surface area contributed by atoms with Crippen molar-refractivity contribution in [1.29, 1.82) is 0 Å². The second-order valence-corrected chi connectivity index (χ2v) is 23.7. The average molecular weight is 1020 g/mol. The first-order valence-electron chi connectivity index (χ1n) is 30.4. The normalized spacial score (nSPS) is 14.5. The molecule has 0 heterocycles. The molecule has 4 atom stereocenters. The molecule has 9 nitrogen and oxygen atoms in total. The zero-order chi connectivity index (χ0) is 52.2. The molecule has 0 spiro atoms. The van der Waals surface area contributed by atoms with Crippen molar-refractivity contribution in [3.05, 3.63) is 36.5 Å². The maximum Gasteiger partial charge on any atom is 0.472 e. The van der Waals surface area contributed by atoms with E-state index < -0.39 is 32.7 Å². The highest BCUT2D eigenvalue weighted by atomic mass is 31.2. The maximum absolute atomic E-state index is 13.0. The molecule has 0 aromatic heterocycles. The lowest BCUT2D eigenvalue weighted by atomic mass is 10.0. The summed E-state index contributed by atoms with van der Waals surface area (Å²) in [7, 11) is 1.43. The molecule has 0 aliphatic heterocycles. The van der Waals surface area contributed by atoms with Crippen LogP contribution in [0.2, 0.25) is 0 Å². The Balaban J connectivity index is 4.01. The van der Waals surface area contributed by atoms with E-state index in [1.165, 1.54) is 218 Å². The predicted molar refractivity (Wildman–Crippen MR) is 306 cm³/mol. The van der Waals surface area contributed by atoms with Crippen LogP contribution in [-0.2, 0) is 18.4 Å². The van der Waals surface area contributed by atoms with Gasteiger partial charge in [0.25, 0.3) is 0 Å². The maximum atomic E-state index is 13.0. The second-order valence-electron chi connectivity index (χ2n) is 22.2. The molecule has 0 aromatic carbocycles. The van der Waals surface area contributed by atoms with Crippen LogP contribution in [0.5, 0.6) is 0 Å². The summed E-state index contributed by atoms with van der Waals surface area (Å²) in [5.41, 5.74) is 0. The molecule has 0 fully saturated rings. The Morgan fingerprint density at radius 3 is 1.21 bits per heavy atom. The lowest BCUT2D eigenvalue weighted by Crippen LogP contribution is -2.51. The van der Waals surface area contributed by atoms with Crippen LogP contribution >= 0.6 is 7.82 Å². The number of nitrogens with one attached hydrogen (secondary N) is 1. The third-order valence-corrected chi connectivity index (χ3v) is 14.9. The third kappa shape index (κ3) is 53.3. The number of phosphoric acid groups is 1. The van der Waals surface area contributed by atoms with Gasteiger partial charge in [-0.2, -0.15) is 0 Å². The largest absolute Gasteiger partial charge is 0.472 e. The molecule has 0 rings (SSSR count). The van der Waals surface area contributed by atoms with Gasteiger partial charge in [-0.05, 0) is 70.6 Å². The summed E-state index contributed by atoms with van der Waals surface area (Å²) in [4.78, 5) is 23.3. The first-order chi connectivity index (χ1) is 34.4. The number of phosphoric ester groups is 1. The number of carbonyl (C=O) groups excluding carboxylic acids is 1. The van der Waals surface area contributed by atoms with Crippen molar-refractivity contribution in [2.24, 2.45) is 0 Å².